The summed E-state index contributed by atoms with van der Waals surface area (Å²) in [6, 6.07) is 47.3. The zero-order valence-electron chi connectivity index (χ0n) is 22.5. The van der Waals surface area contributed by atoms with E-state index in [1.807, 2.05) is 13.8 Å². The van der Waals surface area contributed by atoms with Crippen molar-refractivity contribution in [3.8, 4) is 22.3 Å². The summed E-state index contributed by atoms with van der Waals surface area (Å²) in [5, 5.41) is 9.11. The van der Waals surface area contributed by atoms with Crippen molar-refractivity contribution in [1.82, 2.24) is 5.16 Å². The molecule has 192 valence electrons. The first-order valence-corrected chi connectivity index (χ1v) is 13.6. The minimum atomic E-state index is 0.840. The summed E-state index contributed by atoms with van der Waals surface area (Å²) < 4.78 is 5.62. The first-order valence-electron chi connectivity index (χ1n) is 13.6. The van der Waals surface area contributed by atoms with E-state index in [9.17, 15) is 0 Å². The van der Waals surface area contributed by atoms with Crippen molar-refractivity contribution >= 4 is 38.6 Å². The summed E-state index contributed by atoms with van der Waals surface area (Å²) in [5.41, 5.74) is 8.95. The van der Waals surface area contributed by atoms with E-state index >= 15 is 0 Å². The Morgan fingerprint density at radius 1 is 0.450 bits per heavy atom. The van der Waals surface area contributed by atoms with Gasteiger partial charge in [-0.2, -0.15) is 0 Å². The van der Waals surface area contributed by atoms with Crippen molar-refractivity contribution in [2.45, 2.75) is 13.8 Å². The first-order chi connectivity index (χ1) is 19.7. The van der Waals surface area contributed by atoms with Crippen molar-refractivity contribution in [3.05, 3.63) is 145 Å². The average Bonchev–Trinajstić information content (AvgIpc) is 3.34. The van der Waals surface area contributed by atoms with E-state index in [1.165, 1.54) is 38.2 Å². The van der Waals surface area contributed by atoms with Gasteiger partial charge in [0, 0.05) is 28.2 Å². The molecular weight excluding hydrogens is 488 g/mol. The van der Waals surface area contributed by atoms with Crippen LogP contribution in [0.4, 0.5) is 17.1 Å². The summed E-state index contributed by atoms with van der Waals surface area (Å²) in [6.07, 6.45) is 0. The Balaban J connectivity index is 1.45. The van der Waals surface area contributed by atoms with Gasteiger partial charge < -0.3 is 9.42 Å². The minimum absolute atomic E-state index is 0.840. The number of rotatable bonds is 5. The molecule has 0 aliphatic rings. The third-order valence-corrected chi connectivity index (χ3v) is 7.66. The summed E-state index contributed by atoms with van der Waals surface area (Å²) in [5.74, 6) is 0.840. The fourth-order valence-corrected chi connectivity index (χ4v) is 5.93. The monoisotopic (exact) mass is 516 g/mol. The highest BCUT2D eigenvalue weighted by molar-refractivity contribution is 6.21. The molecule has 7 aromatic rings. The lowest BCUT2D eigenvalue weighted by Gasteiger charge is -2.25. The van der Waals surface area contributed by atoms with Gasteiger partial charge in [0.1, 0.15) is 5.76 Å². The number of hydrogen-bond donors (Lipinski definition) is 0. The summed E-state index contributed by atoms with van der Waals surface area (Å²) in [4.78, 5) is 2.29. The van der Waals surface area contributed by atoms with E-state index in [2.05, 4.69) is 144 Å². The number of nitrogens with zero attached hydrogens (tertiary/aromatic N) is 2. The van der Waals surface area contributed by atoms with Gasteiger partial charge in [-0.05, 0) is 82.9 Å². The second-order valence-electron chi connectivity index (χ2n) is 10.1. The van der Waals surface area contributed by atoms with E-state index < -0.39 is 0 Å². The zero-order chi connectivity index (χ0) is 27.1. The molecule has 0 unspecified atom stereocenters. The Morgan fingerprint density at radius 2 is 0.875 bits per heavy atom. The van der Waals surface area contributed by atoms with Crippen LogP contribution in [-0.4, -0.2) is 5.16 Å². The van der Waals surface area contributed by atoms with Crippen molar-refractivity contribution < 1.29 is 4.52 Å². The highest BCUT2D eigenvalue weighted by Crippen LogP contribution is 2.45. The Kier molecular flexibility index (Phi) is 5.90. The van der Waals surface area contributed by atoms with Crippen LogP contribution < -0.4 is 4.90 Å². The molecule has 0 spiro atoms. The van der Waals surface area contributed by atoms with E-state index in [-0.39, 0.29) is 0 Å². The number of para-hydroxylation sites is 2. The van der Waals surface area contributed by atoms with Crippen molar-refractivity contribution in [2.75, 3.05) is 4.90 Å². The van der Waals surface area contributed by atoms with Gasteiger partial charge in [-0.15, -0.1) is 0 Å². The maximum absolute atomic E-state index is 5.62. The van der Waals surface area contributed by atoms with E-state index in [4.69, 9.17) is 4.52 Å². The molecule has 3 heteroatoms. The fourth-order valence-electron chi connectivity index (χ4n) is 5.93. The number of aryl methyl sites for hydroxylation is 2. The summed E-state index contributed by atoms with van der Waals surface area (Å²) in [6.45, 7) is 4.02. The van der Waals surface area contributed by atoms with E-state index in [1.54, 1.807) is 0 Å². The fraction of sp³-hybridized carbons (Fsp3) is 0.0541. The Hall–Kier alpha value is -5.15. The third-order valence-electron chi connectivity index (χ3n) is 7.66. The quantitative estimate of drug-likeness (QED) is 0.213. The topological polar surface area (TPSA) is 29.3 Å². The lowest BCUT2D eigenvalue weighted by atomic mass is 9.85. The lowest BCUT2D eigenvalue weighted by Crippen LogP contribution is -2.09. The van der Waals surface area contributed by atoms with E-state index in [0.29, 0.717) is 0 Å². The van der Waals surface area contributed by atoms with Crippen molar-refractivity contribution in [1.29, 1.82) is 0 Å². The number of fused-ring (bicyclic) bond motifs is 2. The predicted octanol–water partition coefficient (Wildman–Crippen LogP) is 10.4. The molecule has 0 aliphatic carbocycles. The van der Waals surface area contributed by atoms with Gasteiger partial charge in [-0.1, -0.05) is 102 Å². The predicted molar refractivity (Wildman–Crippen MR) is 167 cm³/mol. The van der Waals surface area contributed by atoms with Crippen molar-refractivity contribution in [3.63, 3.8) is 0 Å². The minimum Gasteiger partial charge on any atom is -0.361 e. The molecule has 1 heterocycles. The molecule has 0 bridgehead atoms. The molecule has 0 N–H and O–H groups in total. The van der Waals surface area contributed by atoms with Crippen LogP contribution in [0.15, 0.2) is 138 Å². The molecule has 0 radical (unpaired) electrons. The number of aromatic nitrogens is 1. The molecule has 0 aliphatic heterocycles. The van der Waals surface area contributed by atoms with Crippen LogP contribution in [0.1, 0.15) is 11.5 Å². The lowest BCUT2D eigenvalue weighted by molar-refractivity contribution is 0.393. The van der Waals surface area contributed by atoms with Gasteiger partial charge in [0.05, 0.1) is 5.69 Å². The highest BCUT2D eigenvalue weighted by atomic mass is 16.5. The van der Waals surface area contributed by atoms with Crippen LogP contribution in [0.25, 0.3) is 43.8 Å². The van der Waals surface area contributed by atoms with Gasteiger partial charge in [0.25, 0.3) is 0 Å². The molecule has 0 atom stereocenters. The molecule has 40 heavy (non-hydrogen) atoms. The van der Waals surface area contributed by atoms with Crippen molar-refractivity contribution in [2.24, 2.45) is 0 Å². The van der Waals surface area contributed by atoms with Crippen LogP contribution >= 0.6 is 0 Å². The second kappa shape index (κ2) is 9.87. The standard InChI is InChI=1S/C37H28N2O/c1-25-35(26(2)40-38-25)37-33-19-11-9-17-31(33)36(32-18-10-12-20-34(32)37)27-21-23-30(24-22-27)39(28-13-5-3-6-14-28)29-15-7-4-8-16-29/h3-24H,1-2H3. The van der Waals surface area contributed by atoms with Crippen LogP contribution in [0, 0.1) is 13.8 Å². The molecule has 7 rings (SSSR count). The molecule has 0 amide bonds. The molecule has 1 aromatic heterocycles. The largest absolute Gasteiger partial charge is 0.361 e. The zero-order valence-corrected chi connectivity index (χ0v) is 22.5. The van der Waals surface area contributed by atoms with Crippen LogP contribution in [0.3, 0.4) is 0 Å². The van der Waals surface area contributed by atoms with E-state index in [0.717, 1.165) is 34.1 Å². The maximum Gasteiger partial charge on any atom is 0.141 e. The summed E-state index contributed by atoms with van der Waals surface area (Å²) in [7, 11) is 0. The van der Waals surface area contributed by atoms with Gasteiger partial charge in [-0.25, -0.2) is 0 Å². The van der Waals surface area contributed by atoms with Gasteiger partial charge in [0.15, 0.2) is 0 Å². The SMILES string of the molecule is Cc1noc(C)c1-c1c2ccccc2c(-c2ccc(N(c3ccccc3)c3ccccc3)cc2)c2ccccc12. The molecular formula is C37H28N2O. The maximum atomic E-state index is 5.62. The number of anilines is 3. The number of benzene rings is 6. The third kappa shape index (κ3) is 3.95. The summed E-state index contributed by atoms with van der Waals surface area (Å²) >= 11 is 0. The van der Waals surface area contributed by atoms with Crippen LogP contribution in [0.5, 0.6) is 0 Å². The first kappa shape index (κ1) is 23.9. The van der Waals surface area contributed by atoms with Gasteiger partial charge >= 0.3 is 0 Å². The normalized spacial score (nSPS) is 11.2. The van der Waals surface area contributed by atoms with Gasteiger partial charge in [0.2, 0.25) is 0 Å². The number of hydrogen-bond acceptors (Lipinski definition) is 3. The average molecular weight is 517 g/mol. The molecule has 0 saturated carbocycles. The van der Waals surface area contributed by atoms with Crippen LogP contribution in [0.2, 0.25) is 0 Å². The second-order valence-corrected chi connectivity index (χ2v) is 10.1. The smallest absolute Gasteiger partial charge is 0.141 e. The van der Waals surface area contributed by atoms with Gasteiger partial charge in [-0.3, -0.25) is 0 Å². The highest BCUT2D eigenvalue weighted by Gasteiger charge is 2.21. The Bertz CT molecular complexity index is 1840. The molecule has 0 saturated heterocycles. The molecule has 0 fully saturated rings. The molecule has 3 nitrogen and oxygen atoms in total. The van der Waals surface area contributed by atoms with Crippen LogP contribution in [-0.2, 0) is 0 Å². The Morgan fingerprint density at radius 3 is 1.32 bits per heavy atom. The Labute approximate surface area is 233 Å². The molecule has 6 aromatic carbocycles.